The van der Waals surface area contributed by atoms with E-state index in [1.165, 1.54) is 12.1 Å². The third kappa shape index (κ3) is 3.16. The topological polar surface area (TPSA) is 9.23 Å². The normalized spacial score (nSPS) is 10.4. The molecule has 2 rings (SSSR count). The van der Waals surface area contributed by atoms with Gasteiger partial charge in [-0.15, -0.1) is 0 Å². The minimum Gasteiger partial charge on any atom is -0.455 e. The van der Waals surface area contributed by atoms with Gasteiger partial charge in [-0.2, -0.15) is 0 Å². The van der Waals surface area contributed by atoms with Gasteiger partial charge in [0.25, 0.3) is 0 Å². The van der Waals surface area contributed by atoms with E-state index in [4.69, 9.17) is 27.9 Å². The van der Waals surface area contributed by atoms with Gasteiger partial charge in [0.15, 0.2) is 0 Å². The Kier molecular flexibility index (Phi) is 4.49. The maximum atomic E-state index is 13.1. The molecule has 0 aliphatic rings. The molecule has 5 heteroatoms. The van der Waals surface area contributed by atoms with Crippen LogP contribution in [0, 0.1) is 5.82 Å². The van der Waals surface area contributed by atoms with E-state index in [2.05, 4.69) is 15.9 Å². The number of hydrogen-bond donors (Lipinski definition) is 0. The molecular formula is C13H8BrCl2FO. The first-order valence-electron chi connectivity index (χ1n) is 5.07. The molecule has 0 N–H and O–H groups in total. The number of rotatable bonds is 3. The molecule has 0 radical (unpaired) electrons. The summed E-state index contributed by atoms with van der Waals surface area (Å²) in [5.41, 5.74) is 0.700. The van der Waals surface area contributed by atoms with Crippen LogP contribution < -0.4 is 4.74 Å². The first-order chi connectivity index (χ1) is 8.60. The van der Waals surface area contributed by atoms with Gasteiger partial charge in [0.2, 0.25) is 0 Å². The van der Waals surface area contributed by atoms with Crippen LogP contribution in [0.1, 0.15) is 5.56 Å². The van der Waals surface area contributed by atoms with Crippen molar-refractivity contribution in [3.8, 4) is 11.5 Å². The van der Waals surface area contributed by atoms with Gasteiger partial charge >= 0.3 is 0 Å². The molecule has 94 valence electrons. The Hall–Kier alpha value is -0.770. The van der Waals surface area contributed by atoms with E-state index in [9.17, 15) is 4.39 Å². The Morgan fingerprint density at radius 1 is 1.06 bits per heavy atom. The van der Waals surface area contributed by atoms with E-state index in [1.54, 1.807) is 24.3 Å². The van der Waals surface area contributed by atoms with E-state index in [0.29, 0.717) is 32.4 Å². The Labute approximate surface area is 123 Å². The van der Waals surface area contributed by atoms with Crippen LogP contribution in [0.3, 0.4) is 0 Å². The lowest BCUT2D eigenvalue weighted by Crippen LogP contribution is -1.91. The third-order valence-corrected chi connectivity index (χ3v) is 3.43. The van der Waals surface area contributed by atoms with Crippen molar-refractivity contribution in [1.29, 1.82) is 0 Å². The van der Waals surface area contributed by atoms with Gasteiger partial charge in [0, 0.05) is 22.0 Å². The van der Waals surface area contributed by atoms with Crippen molar-refractivity contribution >= 4 is 39.1 Å². The summed E-state index contributed by atoms with van der Waals surface area (Å²) >= 11 is 15.2. The third-order valence-electron chi connectivity index (χ3n) is 2.28. The summed E-state index contributed by atoms with van der Waals surface area (Å²) in [5.74, 6) is 0.671. The Bertz CT molecular complexity index is 575. The Morgan fingerprint density at radius 3 is 2.56 bits per heavy atom. The summed E-state index contributed by atoms with van der Waals surface area (Å²) in [7, 11) is 0. The molecule has 0 spiro atoms. The van der Waals surface area contributed by atoms with Crippen LogP contribution in [0.4, 0.5) is 4.39 Å². The molecule has 2 aromatic rings. The fourth-order valence-corrected chi connectivity index (χ4v) is 2.18. The quantitative estimate of drug-likeness (QED) is 0.634. The molecule has 0 atom stereocenters. The zero-order valence-corrected chi connectivity index (χ0v) is 12.2. The number of ether oxygens (including phenoxy) is 1. The number of halogens is 4. The monoisotopic (exact) mass is 348 g/mol. The average Bonchev–Trinajstić information content (AvgIpc) is 2.36. The molecule has 1 nitrogen and oxygen atoms in total. The first kappa shape index (κ1) is 13.7. The van der Waals surface area contributed by atoms with Gasteiger partial charge in [-0.1, -0.05) is 39.1 Å². The van der Waals surface area contributed by atoms with Crippen molar-refractivity contribution in [3.63, 3.8) is 0 Å². The predicted molar refractivity (Wildman–Crippen MR) is 75.6 cm³/mol. The molecule has 0 unspecified atom stereocenters. The Balaban J connectivity index is 2.36. The van der Waals surface area contributed by atoms with Crippen LogP contribution in [-0.2, 0) is 5.33 Å². The van der Waals surface area contributed by atoms with Crippen molar-refractivity contribution < 1.29 is 9.13 Å². The standard InChI is InChI=1S/C13H8BrCl2FO/c14-7-8-5-10(17)2-4-12(8)18-13-6-9(15)1-3-11(13)16/h1-6H,7H2. The van der Waals surface area contributed by atoms with E-state index in [1.807, 2.05) is 0 Å². The smallest absolute Gasteiger partial charge is 0.147 e. The second kappa shape index (κ2) is 5.91. The lowest BCUT2D eigenvalue weighted by atomic mass is 10.2. The van der Waals surface area contributed by atoms with E-state index in [0.717, 1.165) is 0 Å². The Morgan fingerprint density at radius 2 is 1.83 bits per heavy atom. The van der Waals surface area contributed by atoms with E-state index >= 15 is 0 Å². The number of hydrogen-bond acceptors (Lipinski definition) is 1. The molecule has 0 amide bonds. The van der Waals surface area contributed by atoms with Crippen LogP contribution in [0.5, 0.6) is 11.5 Å². The molecule has 0 saturated heterocycles. The summed E-state index contributed by atoms with van der Waals surface area (Å²) in [6, 6.07) is 9.24. The molecule has 0 heterocycles. The summed E-state index contributed by atoms with van der Waals surface area (Å²) in [5, 5.41) is 1.46. The highest BCUT2D eigenvalue weighted by atomic mass is 79.9. The predicted octanol–water partition coefficient (Wildman–Crippen LogP) is 5.82. The second-order valence-corrected chi connectivity index (χ2v) is 4.97. The lowest BCUT2D eigenvalue weighted by molar-refractivity contribution is 0.476. The minimum atomic E-state index is -0.311. The van der Waals surface area contributed by atoms with Gasteiger partial charge in [-0.3, -0.25) is 0 Å². The minimum absolute atomic E-state index is 0.311. The van der Waals surface area contributed by atoms with Crippen LogP contribution in [0.2, 0.25) is 10.0 Å². The highest BCUT2D eigenvalue weighted by Crippen LogP contribution is 2.34. The molecule has 0 fully saturated rings. The molecule has 0 bridgehead atoms. The molecule has 0 saturated carbocycles. The average molecular weight is 350 g/mol. The van der Waals surface area contributed by atoms with Crippen LogP contribution in [0.25, 0.3) is 0 Å². The molecule has 18 heavy (non-hydrogen) atoms. The summed E-state index contributed by atoms with van der Waals surface area (Å²) in [6.45, 7) is 0. The molecular weight excluding hydrogens is 342 g/mol. The van der Waals surface area contributed by atoms with Crippen LogP contribution in [-0.4, -0.2) is 0 Å². The summed E-state index contributed by atoms with van der Waals surface area (Å²) in [4.78, 5) is 0. The zero-order chi connectivity index (χ0) is 13.1. The van der Waals surface area contributed by atoms with Gasteiger partial charge < -0.3 is 4.74 Å². The SMILES string of the molecule is Fc1ccc(Oc2cc(Cl)ccc2Cl)c(CBr)c1. The first-order valence-corrected chi connectivity index (χ1v) is 6.95. The van der Waals surface area contributed by atoms with Gasteiger partial charge in [-0.25, -0.2) is 4.39 Å². The van der Waals surface area contributed by atoms with Crippen LogP contribution in [0.15, 0.2) is 36.4 Å². The van der Waals surface area contributed by atoms with Crippen molar-refractivity contribution in [2.45, 2.75) is 5.33 Å². The van der Waals surface area contributed by atoms with Crippen molar-refractivity contribution in [1.82, 2.24) is 0 Å². The van der Waals surface area contributed by atoms with E-state index in [-0.39, 0.29) is 5.82 Å². The molecule has 0 aliphatic carbocycles. The molecule has 0 aliphatic heterocycles. The van der Waals surface area contributed by atoms with Crippen molar-refractivity contribution in [2.75, 3.05) is 0 Å². The van der Waals surface area contributed by atoms with Gasteiger partial charge in [0.1, 0.15) is 17.3 Å². The highest BCUT2D eigenvalue weighted by Gasteiger charge is 2.08. The molecule has 0 aromatic heterocycles. The van der Waals surface area contributed by atoms with Crippen molar-refractivity contribution in [3.05, 3.63) is 57.8 Å². The zero-order valence-electron chi connectivity index (χ0n) is 9.09. The maximum Gasteiger partial charge on any atom is 0.147 e. The fourth-order valence-electron chi connectivity index (χ4n) is 1.43. The summed E-state index contributed by atoms with van der Waals surface area (Å²) < 4.78 is 18.7. The summed E-state index contributed by atoms with van der Waals surface area (Å²) in [6.07, 6.45) is 0. The largest absolute Gasteiger partial charge is 0.455 e. The number of alkyl halides is 1. The van der Waals surface area contributed by atoms with E-state index < -0.39 is 0 Å². The van der Waals surface area contributed by atoms with Crippen molar-refractivity contribution in [2.24, 2.45) is 0 Å². The molecule has 2 aromatic carbocycles. The second-order valence-electron chi connectivity index (χ2n) is 3.56. The van der Waals surface area contributed by atoms with Gasteiger partial charge in [-0.05, 0) is 30.3 Å². The van der Waals surface area contributed by atoms with Gasteiger partial charge in [0.05, 0.1) is 5.02 Å². The maximum absolute atomic E-state index is 13.1. The fraction of sp³-hybridized carbons (Fsp3) is 0.0769. The number of benzene rings is 2. The highest BCUT2D eigenvalue weighted by molar-refractivity contribution is 9.08. The van der Waals surface area contributed by atoms with Crippen LogP contribution >= 0.6 is 39.1 Å². The lowest BCUT2D eigenvalue weighted by Gasteiger charge is -2.11.